The third-order valence-electron chi connectivity index (χ3n) is 14.1. The lowest BCUT2D eigenvalue weighted by molar-refractivity contribution is -0.258. The first kappa shape index (κ1) is 45.3. The van der Waals surface area contributed by atoms with Crippen molar-refractivity contribution < 1.29 is 31.1 Å². The molecular formula is C58H39F6N3OS3. The molecule has 0 N–H and O–H groups in total. The minimum Gasteiger partial charge on any atom is -0.489 e. The smallest absolute Gasteiger partial charge is 0.380 e. The lowest BCUT2D eigenvalue weighted by Crippen LogP contribution is -2.48. The third kappa shape index (κ3) is 6.98. The number of allylic oxidation sites excluding steroid dienone is 4. The van der Waals surface area contributed by atoms with Gasteiger partial charge in [0.15, 0.2) is 0 Å². The number of hydrogen-bond donors (Lipinski definition) is 0. The molecular weight excluding hydrogens is 965 g/mol. The summed E-state index contributed by atoms with van der Waals surface area (Å²) >= 11 is 3.65. The molecule has 2 aliphatic carbocycles. The predicted molar refractivity (Wildman–Crippen MR) is 277 cm³/mol. The summed E-state index contributed by atoms with van der Waals surface area (Å²) in [5, 5.41) is 0. The summed E-state index contributed by atoms with van der Waals surface area (Å²) in [5.41, 5.74) is 8.00. The number of thioether (sulfide) groups is 2. The highest BCUT2D eigenvalue weighted by atomic mass is 32.2. The van der Waals surface area contributed by atoms with Gasteiger partial charge in [-0.1, -0.05) is 127 Å². The standard InChI is InChI=1S/C58H39F6N3OS3/c1-54-46(32-48(69-54)38-12-6-3-7-13-38)50-51(57(61,62)58(63,64)56(50,59)60)47-33-49(70-55(47,54)2)39-24-28-43(29-25-39)68-34-35-18-20-36(21-19-35)44-30-31-45(53-52(44)65-71-66-53)37-22-26-42(27-23-37)67(40-14-8-4-9-15-40)41-16-10-5-11-17-41/h3-33H,34H2,1-2H3/t54-,55-/m0/s1. The molecule has 1 fully saturated rings. The van der Waals surface area contributed by atoms with Crippen molar-refractivity contribution in [3.05, 3.63) is 227 Å². The fraction of sp³-hybridized carbons (Fsp3) is 0.138. The van der Waals surface area contributed by atoms with Gasteiger partial charge in [0.25, 0.3) is 0 Å². The molecule has 0 amide bonds. The lowest BCUT2D eigenvalue weighted by Gasteiger charge is -2.47. The van der Waals surface area contributed by atoms with Crippen molar-refractivity contribution in [2.75, 3.05) is 4.90 Å². The maximum atomic E-state index is 15.9. The van der Waals surface area contributed by atoms with Gasteiger partial charge in [-0.3, -0.25) is 0 Å². The number of benzene rings is 7. The Balaban J connectivity index is 0.764. The van der Waals surface area contributed by atoms with Crippen LogP contribution >= 0.6 is 35.3 Å². The monoisotopic (exact) mass is 1000 g/mol. The summed E-state index contributed by atoms with van der Waals surface area (Å²) in [7, 11) is 0. The van der Waals surface area contributed by atoms with Crippen LogP contribution in [0, 0.1) is 0 Å². The molecule has 4 aliphatic rings. The van der Waals surface area contributed by atoms with Crippen LogP contribution in [0.4, 0.5) is 43.4 Å². The second kappa shape index (κ2) is 16.6. The third-order valence-corrected chi connectivity index (χ3v) is 17.9. The molecule has 0 spiro atoms. The summed E-state index contributed by atoms with van der Waals surface area (Å²) in [6.45, 7) is 3.64. The normalized spacial score (nSPS) is 21.4. The van der Waals surface area contributed by atoms with Gasteiger partial charge in [0.2, 0.25) is 0 Å². The van der Waals surface area contributed by atoms with Gasteiger partial charge in [0, 0.05) is 49.1 Å². The number of aromatic nitrogens is 2. The van der Waals surface area contributed by atoms with E-state index in [1.807, 2.05) is 60.7 Å². The summed E-state index contributed by atoms with van der Waals surface area (Å²) in [4.78, 5) is 3.28. The Hall–Kier alpha value is -6.80. The van der Waals surface area contributed by atoms with E-state index in [2.05, 4.69) is 65.6 Å². The van der Waals surface area contributed by atoms with Crippen molar-refractivity contribution in [2.24, 2.45) is 0 Å². The topological polar surface area (TPSA) is 38.2 Å². The Bertz CT molecular complexity index is 3490. The molecule has 8 aromatic rings. The van der Waals surface area contributed by atoms with E-state index in [4.69, 9.17) is 13.5 Å². The minimum absolute atomic E-state index is 0.192. The number of ether oxygens (including phenoxy) is 1. The van der Waals surface area contributed by atoms with Gasteiger partial charge in [-0.2, -0.15) is 35.1 Å². The highest BCUT2D eigenvalue weighted by Gasteiger charge is 2.84. The molecule has 71 heavy (non-hydrogen) atoms. The van der Waals surface area contributed by atoms with E-state index in [1.54, 1.807) is 68.4 Å². The number of nitrogens with zero attached hydrogens (tertiary/aromatic N) is 3. The first-order valence-corrected chi connectivity index (χ1v) is 25.2. The van der Waals surface area contributed by atoms with Crippen LogP contribution in [0.1, 0.15) is 30.5 Å². The molecule has 13 heteroatoms. The first-order valence-electron chi connectivity index (χ1n) is 22.8. The Morgan fingerprint density at radius 1 is 0.465 bits per heavy atom. The van der Waals surface area contributed by atoms with E-state index in [0.29, 0.717) is 26.7 Å². The molecule has 4 nitrogen and oxygen atoms in total. The summed E-state index contributed by atoms with van der Waals surface area (Å²) in [6.07, 6.45) is 2.81. The van der Waals surface area contributed by atoms with Crippen molar-refractivity contribution in [3.8, 4) is 28.0 Å². The van der Waals surface area contributed by atoms with E-state index in [0.717, 1.165) is 55.9 Å². The average Bonchev–Trinajstić information content (AvgIpc) is 4.15. The zero-order valence-electron chi connectivity index (χ0n) is 37.8. The van der Waals surface area contributed by atoms with Crippen molar-refractivity contribution in [3.63, 3.8) is 0 Å². The Morgan fingerprint density at radius 2 is 0.873 bits per heavy atom. The molecule has 1 saturated carbocycles. The number of halogens is 6. The zero-order valence-corrected chi connectivity index (χ0v) is 40.3. The van der Waals surface area contributed by atoms with Crippen LogP contribution < -0.4 is 9.64 Å². The first-order chi connectivity index (χ1) is 34.2. The van der Waals surface area contributed by atoms with Crippen LogP contribution in [0.5, 0.6) is 5.75 Å². The molecule has 7 aromatic carbocycles. The quantitative estimate of drug-likeness (QED) is 0.127. The molecule has 1 aromatic heterocycles. The van der Waals surface area contributed by atoms with Gasteiger partial charge < -0.3 is 9.64 Å². The fourth-order valence-electron chi connectivity index (χ4n) is 10.2. The number of alkyl halides is 6. The highest BCUT2D eigenvalue weighted by Crippen LogP contribution is 2.75. The van der Waals surface area contributed by atoms with Crippen molar-refractivity contribution in [1.29, 1.82) is 0 Å². The Morgan fingerprint density at radius 3 is 1.35 bits per heavy atom. The Kier molecular flexibility index (Phi) is 10.6. The summed E-state index contributed by atoms with van der Waals surface area (Å²) in [6, 6.07) is 57.2. The predicted octanol–water partition coefficient (Wildman–Crippen LogP) is 17.0. The van der Waals surface area contributed by atoms with Crippen LogP contribution in [0.15, 0.2) is 210 Å². The average molecular weight is 1000 g/mol. The summed E-state index contributed by atoms with van der Waals surface area (Å²) in [5.74, 6) is -15.3. The van der Waals surface area contributed by atoms with Gasteiger partial charge >= 0.3 is 17.8 Å². The van der Waals surface area contributed by atoms with Crippen LogP contribution in [0.2, 0.25) is 0 Å². The van der Waals surface area contributed by atoms with Crippen LogP contribution in [-0.4, -0.2) is 36.0 Å². The van der Waals surface area contributed by atoms with Gasteiger partial charge in [-0.15, -0.1) is 23.5 Å². The maximum absolute atomic E-state index is 15.9. The van der Waals surface area contributed by atoms with E-state index in [-0.39, 0.29) is 17.8 Å². The largest absolute Gasteiger partial charge is 0.489 e. The maximum Gasteiger partial charge on any atom is 0.380 e. The number of rotatable bonds is 10. The second-order valence-electron chi connectivity index (χ2n) is 18.1. The van der Waals surface area contributed by atoms with E-state index >= 15 is 26.3 Å². The lowest BCUT2D eigenvalue weighted by atomic mass is 9.71. The molecule has 0 unspecified atom stereocenters. The van der Waals surface area contributed by atoms with Crippen molar-refractivity contribution in [1.82, 2.24) is 8.75 Å². The van der Waals surface area contributed by atoms with Gasteiger partial charge in [0.05, 0.1) is 21.2 Å². The van der Waals surface area contributed by atoms with E-state index in [1.165, 1.54) is 47.4 Å². The molecule has 0 radical (unpaired) electrons. The van der Waals surface area contributed by atoms with Crippen LogP contribution in [0.3, 0.4) is 0 Å². The number of hydrogen-bond acceptors (Lipinski definition) is 7. The minimum atomic E-state index is -5.62. The number of fused-ring (bicyclic) bond motifs is 5. The zero-order chi connectivity index (χ0) is 48.9. The van der Waals surface area contributed by atoms with Crippen molar-refractivity contribution >= 4 is 73.2 Å². The van der Waals surface area contributed by atoms with E-state index < -0.39 is 38.4 Å². The van der Waals surface area contributed by atoms with Crippen LogP contribution in [-0.2, 0) is 6.61 Å². The molecule has 3 heterocycles. The SMILES string of the molecule is C[C@]12SC(c3ccccc3)=CC1=C1C(=C3C=C(c4ccc(OCc5ccc(-c6ccc(-c7ccc(N(c8ccccc8)c8ccccc8)cc7)c7nsnc67)cc5)cc4)S[C@@]32C)C(F)(F)C(F)(F)C1(F)F. The summed E-state index contributed by atoms with van der Waals surface area (Å²) < 4.78 is 107. The number of para-hydroxylation sites is 2. The number of anilines is 3. The molecule has 12 rings (SSSR count). The molecule has 2 atom stereocenters. The molecule has 0 bridgehead atoms. The van der Waals surface area contributed by atoms with Gasteiger partial charge in [-0.05, 0) is 113 Å². The molecule has 352 valence electrons. The van der Waals surface area contributed by atoms with Gasteiger partial charge in [0.1, 0.15) is 23.4 Å². The van der Waals surface area contributed by atoms with E-state index in [9.17, 15) is 0 Å². The molecule has 2 aliphatic heterocycles. The van der Waals surface area contributed by atoms with Gasteiger partial charge in [-0.25, -0.2) is 0 Å². The second-order valence-corrected chi connectivity index (χ2v) is 21.6. The molecule has 0 saturated heterocycles. The van der Waals surface area contributed by atoms with Crippen LogP contribution in [0.25, 0.3) is 43.1 Å². The van der Waals surface area contributed by atoms with Crippen molar-refractivity contribution in [2.45, 2.75) is 47.7 Å². The fourth-order valence-corrected chi connectivity index (χ4v) is 13.9. The highest BCUT2D eigenvalue weighted by molar-refractivity contribution is 8.14. The Labute approximate surface area is 418 Å².